The van der Waals surface area contributed by atoms with Gasteiger partial charge in [-0.25, -0.2) is 0 Å². The molecule has 1 saturated heterocycles. The molecule has 2 atom stereocenters. The fraction of sp³-hybridized carbons (Fsp3) is 0.818. The van der Waals surface area contributed by atoms with Gasteiger partial charge in [0.2, 0.25) is 0 Å². The van der Waals surface area contributed by atoms with E-state index in [9.17, 15) is 0 Å². The minimum absolute atomic E-state index is 0.462. The van der Waals surface area contributed by atoms with E-state index in [0.717, 1.165) is 13.0 Å². The molecular weight excluding hydrogens is 162 g/mol. The van der Waals surface area contributed by atoms with Gasteiger partial charge in [-0.3, -0.25) is 0 Å². The Kier molecular flexibility index (Phi) is 4.46. The van der Waals surface area contributed by atoms with E-state index in [1.54, 1.807) is 0 Å². The molecule has 0 spiro atoms. The van der Waals surface area contributed by atoms with E-state index in [-0.39, 0.29) is 0 Å². The third-order valence-corrected chi connectivity index (χ3v) is 2.74. The van der Waals surface area contributed by atoms with Crippen LogP contribution in [0.15, 0.2) is 12.2 Å². The maximum Gasteiger partial charge on any atom is 0.0576 e. The maximum absolute atomic E-state index is 5.57. The highest BCUT2D eigenvalue weighted by Crippen LogP contribution is 2.18. The second-order valence-corrected chi connectivity index (χ2v) is 3.90. The van der Waals surface area contributed by atoms with Crippen LogP contribution in [0, 0.1) is 0 Å². The first-order valence-electron chi connectivity index (χ1n) is 5.18. The van der Waals surface area contributed by atoms with Gasteiger partial charge in [0.1, 0.15) is 0 Å². The van der Waals surface area contributed by atoms with Crippen molar-refractivity contribution in [3.05, 3.63) is 12.2 Å². The summed E-state index contributed by atoms with van der Waals surface area (Å²) in [6, 6.07) is 0.462. The lowest BCUT2D eigenvalue weighted by molar-refractivity contribution is 0.101. The van der Waals surface area contributed by atoms with Crippen LogP contribution in [0.5, 0.6) is 0 Å². The summed E-state index contributed by atoms with van der Waals surface area (Å²) < 4.78 is 5.57. The third-order valence-electron chi connectivity index (χ3n) is 2.74. The molecule has 1 aliphatic heterocycles. The van der Waals surface area contributed by atoms with E-state index >= 15 is 0 Å². The summed E-state index contributed by atoms with van der Waals surface area (Å²) in [4.78, 5) is 0. The summed E-state index contributed by atoms with van der Waals surface area (Å²) in [6.07, 6.45) is 5.30. The van der Waals surface area contributed by atoms with Crippen LogP contribution in [0.1, 0.15) is 32.6 Å². The van der Waals surface area contributed by atoms with Crippen LogP contribution in [-0.2, 0) is 4.74 Å². The summed E-state index contributed by atoms with van der Waals surface area (Å²) in [5.74, 6) is 0. The molecule has 0 amide bonds. The first kappa shape index (κ1) is 10.7. The molecule has 2 heteroatoms. The topological polar surface area (TPSA) is 21.3 Å². The molecular formula is C11H21NO. The van der Waals surface area contributed by atoms with Crippen molar-refractivity contribution >= 4 is 0 Å². The van der Waals surface area contributed by atoms with E-state index in [0.29, 0.717) is 12.1 Å². The minimum atomic E-state index is 0.462. The van der Waals surface area contributed by atoms with Gasteiger partial charge in [0.05, 0.1) is 6.10 Å². The van der Waals surface area contributed by atoms with Gasteiger partial charge in [0.15, 0.2) is 0 Å². The van der Waals surface area contributed by atoms with E-state index in [4.69, 9.17) is 4.74 Å². The SMILES string of the molecule is C=C(C)C(CCC1CCCO1)NC. The van der Waals surface area contributed by atoms with Crippen molar-refractivity contribution in [2.24, 2.45) is 0 Å². The smallest absolute Gasteiger partial charge is 0.0576 e. The zero-order valence-corrected chi connectivity index (χ0v) is 8.81. The Bertz CT molecular complexity index is 161. The second kappa shape index (κ2) is 5.40. The highest BCUT2D eigenvalue weighted by molar-refractivity contribution is 5.00. The molecule has 0 aromatic rings. The Hall–Kier alpha value is -0.340. The monoisotopic (exact) mass is 183 g/mol. The number of nitrogens with one attached hydrogen (secondary N) is 1. The van der Waals surface area contributed by atoms with Crippen molar-refractivity contribution in [3.8, 4) is 0 Å². The van der Waals surface area contributed by atoms with Crippen LogP contribution in [0.2, 0.25) is 0 Å². The molecule has 1 N–H and O–H groups in total. The largest absolute Gasteiger partial charge is 0.378 e. The van der Waals surface area contributed by atoms with Gasteiger partial charge in [-0.15, -0.1) is 0 Å². The van der Waals surface area contributed by atoms with Crippen molar-refractivity contribution in [3.63, 3.8) is 0 Å². The highest BCUT2D eigenvalue weighted by atomic mass is 16.5. The van der Waals surface area contributed by atoms with E-state index in [1.165, 1.54) is 24.8 Å². The fourth-order valence-electron chi connectivity index (χ4n) is 1.86. The lowest BCUT2D eigenvalue weighted by atomic mass is 10.0. The first-order chi connectivity index (χ1) is 6.24. The van der Waals surface area contributed by atoms with Crippen LogP contribution >= 0.6 is 0 Å². The molecule has 1 heterocycles. The lowest BCUT2D eigenvalue weighted by Crippen LogP contribution is -2.27. The molecule has 0 aliphatic carbocycles. The molecule has 1 rings (SSSR count). The Labute approximate surface area is 81.4 Å². The molecule has 2 nitrogen and oxygen atoms in total. The highest BCUT2D eigenvalue weighted by Gasteiger charge is 2.17. The van der Waals surface area contributed by atoms with Gasteiger partial charge in [-0.1, -0.05) is 12.2 Å². The summed E-state index contributed by atoms with van der Waals surface area (Å²) in [5, 5.41) is 3.27. The molecule has 76 valence electrons. The summed E-state index contributed by atoms with van der Waals surface area (Å²) in [6.45, 7) is 7.01. The average molecular weight is 183 g/mol. The number of hydrogen-bond acceptors (Lipinski definition) is 2. The number of hydrogen-bond donors (Lipinski definition) is 1. The molecule has 1 aliphatic rings. The molecule has 0 aromatic heterocycles. The summed E-state index contributed by atoms with van der Waals surface area (Å²) in [7, 11) is 1.99. The standard InChI is InChI=1S/C11H21NO/c1-9(2)11(12-3)7-6-10-5-4-8-13-10/h10-12H,1,4-8H2,2-3H3. The Morgan fingerprint density at radius 3 is 2.92 bits per heavy atom. The summed E-state index contributed by atoms with van der Waals surface area (Å²) in [5.41, 5.74) is 1.22. The predicted octanol–water partition coefficient (Wildman–Crippen LogP) is 2.11. The first-order valence-corrected chi connectivity index (χ1v) is 5.18. The van der Waals surface area contributed by atoms with E-state index in [1.807, 2.05) is 7.05 Å². The number of likely N-dealkylation sites (N-methyl/N-ethyl adjacent to an activating group) is 1. The van der Waals surface area contributed by atoms with Crippen molar-refractivity contribution in [2.45, 2.75) is 44.8 Å². The van der Waals surface area contributed by atoms with Crippen LogP contribution < -0.4 is 5.32 Å². The van der Waals surface area contributed by atoms with E-state index < -0.39 is 0 Å². The number of ether oxygens (including phenoxy) is 1. The second-order valence-electron chi connectivity index (χ2n) is 3.90. The van der Waals surface area contributed by atoms with Gasteiger partial charge in [0.25, 0.3) is 0 Å². The number of rotatable bonds is 5. The zero-order valence-electron chi connectivity index (χ0n) is 8.81. The Morgan fingerprint density at radius 1 is 1.69 bits per heavy atom. The molecule has 0 bridgehead atoms. The van der Waals surface area contributed by atoms with Crippen LogP contribution in [0.4, 0.5) is 0 Å². The van der Waals surface area contributed by atoms with Crippen molar-refractivity contribution in [2.75, 3.05) is 13.7 Å². The van der Waals surface area contributed by atoms with Crippen molar-refractivity contribution in [1.82, 2.24) is 5.32 Å². The van der Waals surface area contributed by atoms with Crippen LogP contribution in [0.3, 0.4) is 0 Å². The van der Waals surface area contributed by atoms with Crippen molar-refractivity contribution < 1.29 is 4.74 Å². The van der Waals surface area contributed by atoms with Gasteiger partial charge in [-0.2, -0.15) is 0 Å². The quantitative estimate of drug-likeness (QED) is 0.659. The zero-order chi connectivity index (χ0) is 9.68. The minimum Gasteiger partial charge on any atom is -0.378 e. The fourth-order valence-corrected chi connectivity index (χ4v) is 1.86. The van der Waals surface area contributed by atoms with Crippen LogP contribution in [0.25, 0.3) is 0 Å². The lowest BCUT2D eigenvalue weighted by Gasteiger charge is -2.18. The van der Waals surface area contributed by atoms with Gasteiger partial charge in [0, 0.05) is 12.6 Å². The molecule has 1 fully saturated rings. The molecule has 2 unspecified atom stereocenters. The maximum atomic E-state index is 5.57. The van der Waals surface area contributed by atoms with Gasteiger partial charge < -0.3 is 10.1 Å². The van der Waals surface area contributed by atoms with Crippen molar-refractivity contribution in [1.29, 1.82) is 0 Å². The summed E-state index contributed by atoms with van der Waals surface area (Å²) >= 11 is 0. The predicted molar refractivity (Wildman–Crippen MR) is 55.9 cm³/mol. The molecule has 0 aromatic carbocycles. The van der Waals surface area contributed by atoms with E-state index in [2.05, 4.69) is 18.8 Å². The van der Waals surface area contributed by atoms with Gasteiger partial charge >= 0.3 is 0 Å². The molecule has 0 radical (unpaired) electrons. The van der Waals surface area contributed by atoms with Crippen LogP contribution in [-0.4, -0.2) is 25.8 Å². The molecule has 0 saturated carbocycles. The van der Waals surface area contributed by atoms with Gasteiger partial charge in [-0.05, 0) is 39.7 Å². The average Bonchev–Trinajstić information content (AvgIpc) is 2.57. The normalized spacial score (nSPS) is 24.6. The Balaban J connectivity index is 2.18. The Morgan fingerprint density at radius 2 is 2.46 bits per heavy atom. The molecule has 13 heavy (non-hydrogen) atoms. The third kappa shape index (κ3) is 3.49.